The first-order valence-electron chi connectivity index (χ1n) is 7.03. The number of rotatable bonds is 8. The molecule has 10 heteroatoms. The summed E-state index contributed by atoms with van der Waals surface area (Å²) < 4.78 is 36.6. The molecule has 25 heavy (non-hydrogen) atoms. The highest BCUT2D eigenvalue weighted by Crippen LogP contribution is 2.22. The van der Waals surface area contributed by atoms with Crippen molar-refractivity contribution in [2.24, 2.45) is 0 Å². The fraction of sp³-hybridized carbons (Fsp3) is 0.200. The van der Waals surface area contributed by atoms with Crippen molar-refractivity contribution in [3.8, 4) is 5.75 Å². The van der Waals surface area contributed by atoms with Crippen molar-refractivity contribution in [3.05, 3.63) is 48.4 Å². The molecule has 0 unspecified atom stereocenters. The van der Waals surface area contributed by atoms with Crippen LogP contribution in [0.25, 0.3) is 0 Å². The summed E-state index contributed by atoms with van der Waals surface area (Å²) in [6.07, 6.45) is 2.47. The quantitative estimate of drug-likeness (QED) is 0.615. The molecule has 0 aliphatic heterocycles. The molecule has 1 aromatic carbocycles. The van der Waals surface area contributed by atoms with E-state index in [1.54, 1.807) is 6.07 Å². The zero-order valence-corrected chi connectivity index (χ0v) is 13.9. The second-order valence-electron chi connectivity index (χ2n) is 4.89. The normalized spacial score (nSPS) is 12.4. The fourth-order valence-corrected chi connectivity index (χ4v) is 3.32. The number of benzene rings is 1. The van der Waals surface area contributed by atoms with Gasteiger partial charge in [-0.1, -0.05) is 12.1 Å². The topological polar surface area (TPSA) is 135 Å². The molecule has 2 rings (SSSR count). The van der Waals surface area contributed by atoms with Gasteiger partial charge in [0.2, 0.25) is 10.0 Å². The lowest BCUT2D eigenvalue weighted by Crippen LogP contribution is -2.48. The van der Waals surface area contributed by atoms with Crippen LogP contribution >= 0.6 is 0 Å². The lowest BCUT2D eigenvalue weighted by atomic mass is 10.3. The van der Waals surface area contributed by atoms with Crippen LogP contribution in [-0.4, -0.2) is 45.1 Å². The Bertz CT molecular complexity index is 847. The Labute approximate surface area is 143 Å². The highest BCUT2D eigenvalue weighted by atomic mass is 32.2. The Morgan fingerprint density at radius 1 is 1.28 bits per heavy atom. The van der Waals surface area contributed by atoms with Gasteiger partial charge in [0, 0.05) is 6.54 Å². The first-order valence-corrected chi connectivity index (χ1v) is 8.52. The number of carbonyl (C=O) groups is 2. The molecule has 0 saturated carbocycles. The number of carboxylic acid groups (broad SMARTS) is 1. The Morgan fingerprint density at radius 2 is 2.00 bits per heavy atom. The third-order valence-electron chi connectivity index (χ3n) is 3.20. The van der Waals surface area contributed by atoms with E-state index < -0.39 is 34.5 Å². The standard InChI is InChI=1S/C15H16N2O7S/c1-23-12-4-2-3-5-13(12)25(21,22)17-11(15(19)20)8-16-14(18)10-6-7-24-9-10/h2-7,9,11,17H,8H2,1H3,(H,16,18)(H,19,20)/t11-/m0/s1. The van der Waals surface area contributed by atoms with Gasteiger partial charge in [0.05, 0.1) is 18.9 Å². The average Bonchev–Trinajstić information content (AvgIpc) is 3.12. The number of furan rings is 1. The summed E-state index contributed by atoms with van der Waals surface area (Å²) >= 11 is 0. The maximum absolute atomic E-state index is 12.4. The lowest BCUT2D eigenvalue weighted by molar-refractivity contribution is -0.138. The van der Waals surface area contributed by atoms with Crippen molar-refractivity contribution in [2.75, 3.05) is 13.7 Å². The molecule has 1 heterocycles. The summed E-state index contributed by atoms with van der Waals surface area (Å²) in [6, 6.07) is 5.61. The predicted molar refractivity (Wildman–Crippen MR) is 85.8 cm³/mol. The summed E-state index contributed by atoms with van der Waals surface area (Å²) in [5, 5.41) is 11.6. The largest absolute Gasteiger partial charge is 0.495 e. The van der Waals surface area contributed by atoms with E-state index in [1.165, 1.54) is 43.9 Å². The average molecular weight is 368 g/mol. The van der Waals surface area contributed by atoms with E-state index in [9.17, 15) is 23.1 Å². The van der Waals surface area contributed by atoms with E-state index in [1.807, 2.05) is 4.72 Å². The van der Waals surface area contributed by atoms with Crippen molar-refractivity contribution in [3.63, 3.8) is 0 Å². The summed E-state index contributed by atoms with van der Waals surface area (Å²) in [5.74, 6) is -1.95. The second kappa shape index (κ2) is 7.81. The molecule has 2 aromatic rings. The molecule has 0 aliphatic carbocycles. The Balaban J connectivity index is 2.12. The van der Waals surface area contributed by atoms with Gasteiger partial charge in [0.25, 0.3) is 5.91 Å². The molecule has 0 spiro atoms. The van der Waals surface area contributed by atoms with Gasteiger partial charge in [-0.3, -0.25) is 9.59 Å². The molecule has 1 amide bonds. The SMILES string of the molecule is COc1ccccc1S(=O)(=O)N[C@@H](CNC(=O)c1ccoc1)C(=O)O. The zero-order valence-electron chi connectivity index (χ0n) is 13.1. The Morgan fingerprint density at radius 3 is 2.60 bits per heavy atom. The highest BCUT2D eigenvalue weighted by molar-refractivity contribution is 7.89. The maximum atomic E-state index is 12.4. The van der Waals surface area contributed by atoms with Crippen LogP contribution in [0.4, 0.5) is 0 Å². The molecule has 0 saturated heterocycles. The smallest absolute Gasteiger partial charge is 0.323 e. The lowest BCUT2D eigenvalue weighted by Gasteiger charge is -2.16. The number of carbonyl (C=O) groups excluding carboxylic acids is 1. The number of amides is 1. The zero-order chi connectivity index (χ0) is 18.4. The van der Waals surface area contributed by atoms with E-state index in [0.717, 1.165) is 0 Å². The number of aliphatic carboxylic acids is 1. The van der Waals surface area contributed by atoms with Crippen LogP contribution in [0.15, 0.2) is 52.2 Å². The number of hydrogen-bond donors (Lipinski definition) is 3. The van der Waals surface area contributed by atoms with E-state index in [0.29, 0.717) is 0 Å². The second-order valence-corrected chi connectivity index (χ2v) is 6.57. The van der Waals surface area contributed by atoms with Crippen molar-refractivity contribution in [1.82, 2.24) is 10.0 Å². The summed E-state index contributed by atoms with van der Waals surface area (Å²) in [6.45, 7) is -0.451. The molecule has 134 valence electrons. The van der Waals surface area contributed by atoms with Crippen molar-refractivity contribution in [2.45, 2.75) is 10.9 Å². The van der Waals surface area contributed by atoms with Crippen molar-refractivity contribution < 1.29 is 32.3 Å². The predicted octanol–water partition coefficient (Wildman–Crippen LogP) is 0.450. The van der Waals surface area contributed by atoms with Gasteiger partial charge < -0.3 is 19.6 Å². The molecule has 0 bridgehead atoms. The maximum Gasteiger partial charge on any atom is 0.323 e. The Kier molecular flexibility index (Phi) is 5.78. The van der Waals surface area contributed by atoms with Crippen LogP contribution in [0.1, 0.15) is 10.4 Å². The van der Waals surface area contributed by atoms with Gasteiger partial charge in [-0.05, 0) is 18.2 Å². The third kappa shape index (κ3) is 4.58. The number of para-hydroxylation sites is 1. The van der Waals surface area contributed by atoms with E-state index in [-0.39, 0.29) is 16.2 Å². The number of carboxylic acids is 1. The van der Waals surface area contributed by atoms with E-state index in [2.05, 4.69) is 5.32 Å². The van der Waals surface area contributed by atoms with Crippen LogP contribution in [0.2, 0.25) is 0 Å². The number of ether oxygens (including phenoxy) is 1. The van der Waals surface area contributed by atoms with E-state index >= 15 is 0 Å². The van der Waals surface area contributed by atoms with Crippen LogP contribution in [0.5, 0.6) is 5.75 Å². The third-order valence-corrected chi connectivity index (χ3v) is 4.72. The van der Waals surface area contributed by atoms with Gasteiger partial charge in [-0.25, -0.2) is 8.42 Å². The molecule has 0 aliphatic rings. The summed E-state index contributed by atoms with van der Waals surface area (Å²) in [7, 11) is -2.87. The van der Waals surface area contributed by atoms with Gasteiger partial charge in [0.15, 0.2) is 0 Å². The van der Waals surface area contributed by atoms with Crippen LogP contribution in [0.3, 0.4) is 0 Å². The number of sulfonamides is 1. The van der Waals surface area contributed by atoms with Crippen LogP contribution in [0, 0.1) is 0 Å². The minimum absolute atomic E-state index is 0.0709. The van der Waals surface area contributed by atoms with Gasteiger partial charge in [-0.15, -0.1) is 0 Å². The molecule has 0 fully saturated rings. The fourth-order valence-electron chi connectivity index (χ4n) is 1.96. The molecule has 3 N–H and O–H groups in total. The van der Waals surface area contributed by atoms with Gasteiger partial charge >= 0.3 is 5.97 Å². The Hall–Kier alpha value is -2.85. The highest BCUT2D eigenvalue weighted by Gasteiger charge is 2.28. The molecule has 1 aromatic heterocycles. The number of methoxy groups -OCH3 is 1. The summed E-state index contributed by atoms with van der Waals surface area (Å²) in [5.41, 5.74) is 0.191. The first-order chi connectivity index (χ1) is 11.8. The van der Waals surface area contributed by atoms with Crippen molar-refractivity contribution >= 4 is 21.9 Å². The number of hydrogen-bond acceptors (Lipinski definition) is 6. The molecule has 0 radical (unpaired) electrons. The summed E-state index contributed by atoms with van der Waals surface area (Å²) in [4.78, 5) is 22.9. The van der Waals surface area contributed by atoms with Crippen LogP contribution in [-0.2, 0) is 14.8 Å². The molecule has 9 nitrogen and oxygen atoms in total. The number of nitrogens with one attached hydrogen (secondary N) is 2. The monoisotopic (exact) mass is 368 g/mol. The van der Waals surface area contributed by atoms with Crippen molar-refractivity contribution in [1.29, 1.82) is 0 Å². The minimum atomic E-state index is -4.17. The molecular formula is C15H16N2O7S. The van der Waals surface area contributed by atoms with Crippen LogP contribution < -0.4 is 14.8 Å². The molecule has 1 atom stereocenters. The van der Waals surface area contributed by atoms with Gasteiger partial charge in [-0.2, -0.15) is 4.72 Å². The van der Waals surface area contributed by atoms with E-state index in [4.69, 9.17) is 9.15 Å². The molecular weight excluding hydrogens is 352 g/mol. The van der Waals surface area contributed by atoms with Gasteiger partial charge in [0.1, 0.15) is 22.9 Å². The first kappa shape index (κ1) is 18.5. The minimum Gasteiger partial charge on any atom is -0.495 e.